The highest BCUT2D eigenvalue weighted by Gasteiger charge is 2.08. The number of hydrogen-bond donors (Lipinski definition) is 1. The van der Waals surface area contributed by atoms with Crippen molar-refractivity contribution in [1.82, 2.24) is 4.98 Å². The number of nitrogens with one attached hydrogen (secondary N) is 1. The van der Waals surface area contributed by atoms with Gasteiger partial charge in [-0.1, -0.05) is 23.7 Å². The molecular formula is C13H12ClFN2. The summed E-state index contributed by atoms with van der Waals surface area (Å²) in [5, 5.41) is 3.70. The van der Waals surface area contributed by atoms with Crippen molar-refractivity contribution < 1.29 is 4.39 Å². The number of nitrogens with zero attached hydrogens (tertiary/aromatic N) is 1. The third-order valence-electron chi connectivity index (χ3n) is 2.46. The molecule has 0 saturated heterocycles. The lowest BCUT2D eigenvalue weighted by atomic mass is 10.1. The van der Waals surface area contributed by atoms with Crippen molar-refractivity contribution in [2.45, 2.75) is 13.0 Å². The number of pyridine rings is 1. The third kappa shape index (κ3) is 2.94. The summed E-state index contributed by atoms with van der Waals surface area (Å²) < 4.78 is 13.1. The maximum Gasteiger partial charge on any atom is 0.145 e. The van der Waals surface area contributed by atoms with Crippen LogP contribution in [0.3, 0.4) is 0 Å². The summed E-state index contributed by atoms with van der Waals surface area (Å²) in [5.41, 5.74) is 0.853. The molecule has 2 rings (SSSR count). The van der Waals surface area contributed by atoms with E-state index < -0.39 is 0 Å². The number of rotatable bonds is 3. The molecule has 0 bridgehead atoms. The Morgan fingerprint density at radius 2 is 2.12 bits per heavy atom. The lowest BCUT2D eigenvalue weighted by Crippen LogP contribution is -2.08. The van der Waals surface area contributed by atoms with E-state index in [-0.39, 0.29) is 11.9 Å². The maximum absolute atomic E-state index is 13.1. The average molecular weight is 251 g/mol. The fraction of sp³-hybridized carbons (Fsp3) is 0.154. The van der Waals surface area contributed by atoms with Crippen LogP contribution in [0.4, 0.5) is 10.2 Å². The summed E-state index contributed by atoms with van der Waals surface area (Å²) in [5.74, 6) is 0.356. The van der Waals surface area contributed by atoms with E-state index in [0.29, 0.717) is 10.8 Å². The Morgan fingerprint density at radius 3 is 2.82 bits per heavy atom. The van der Waals surface area contributed by atoms with Gasteiger partial charge in [-0.2, -0.15) is 0 Å². The molecule has 2 nitrogen and oxygen atoms in total. The van der Waals surface area contributed by atoms with Gasteiger partial charge < -0.3 is 5.32 Å². The highest BCUT2D eigenvalue weighted by molar-refractivity contribution is 6.32. The van der Waals surface area contributed by atoms with E-state index >= 15 is 0 Å². The zero-order valence-electron chi connectivity index (χ0n) is 9.32. The molecule has 1 heterocycles. The van der Waals surface area contributed by atoms with Gasteiger partial charge in [0.05, 0.1) is 11.1 Å². The topological polar surface area (TPSA) is 24.9 Å². The molecule has 0 fully saturated rings. The summed E-state index contributed by atoms with van der Waals surface area (Å²) in [6.45, 7) is 1.93. The minimum Gasteiger partial charge on any atom is -0.362 e. The number of hydrogen-bond acceptors (Lipinski definition) is 2. The smallest absolute Gasteiger partial charge is 0.145 e. The predicted molar refractivity (Wildman–Crippen MR) is 67.7 cm³/mol. The number of benzene rings is 1. The van der Waals surface area contributed by atoms with Crippen molar-refractivity contribution in [1.29, 1.82) is 0 Å². The molecule has 2 aromatic rings. The van der Waals surface area contributed by atoms with Gasteiger partial charge in [-0.05, 0) is 36.8 Å². The van der Waals surface area contributed by atoms with E-state index in [4.69, 9.17) is 11.6 Å². The summed E-state index contributed by atoms with van der Waals surface area (Å²) in [6, 6.07) is 9.92. The third-order valence-corrected chi connectivity index (χ3v) is 2.77. The summed E-state index contributed by atoms with van der Waals surface area (Å²) in [7, 11) is 0. The van der Waals surface area contributed by atoms with Gasteiger partial charge in [0.25, 0.3) is 0 Å². The molecule has 1 unspecified atom stereocenters. The van der Waals surface area contributed by atoms with Crippen LogP contribution in [0, 0.1) is 5.82 Å². The van der Waals surface area contributed by atoms with E-state index in [9.17, 15) is 4.39 Å². The Kier molecular flexibility index (Phi) is 3.59. The Labute approximate surface area is 104 Å². The first-order valence-corrected chi connectivity index (χ1v) is 5.67. The SMILES string of the molecule is CC(Nc1ncccc1Cl)c1cccc(F)c1. The fourth-order valence-electron chi connectivity index (χ4n) is 1.56. The molecule has 0 radical (unpaired) electrons. The summed E-state index contributed by atoms with van der Waals surface area (Å²) >= 11 is 5.99. The van der Waals surface area contributed by atoms with Crippen molar-refractivity contribution in [2.24, 2.45) is 0 Å². The first kappa shape index (κ1) is 11.9. The molecule has 1 aromatic carbocycles. The lowest BCUT2D eigenvalue weighted by molar-refractivity contribution is 0.623. The number of anilines is 1. The van der Waals surface area contributed by atoms with E-state index in [1.165, 1.54) is 12.1 Å². The van der Waals surface area contributed by atoms with Crippen LogP contribution in [0.5, 0.6) is 0 Å². The second-order valence-electron chi connectivity index (χ2n) is 3.75. The van der Waals surface area contributed by atoms with E-state index in [2.05, 4.69) is 10.3 Å². The number of halogens is 2. The molecule has 0 spiro atoms. The van der Waals surface area contributed by atoms with Crippen molar-refractivity contribution >= 4 is 17.4 Å². The average Bonchev–Trinajstić information content (AvgIpc) is 2.32. The van der Waals surface area contributed by atoms with Crippen molar-refractivity contribution in [3.63, 3.8) is 0 Å². The Morgan fingerprint density at radius 1 is 1.29 bits per heavy atom. The van der Waals surface area contributed by atoms with Gasteiger partial charge in [0.1, 0.15) is 11.6 Å². The molecule has 0 aliphatic rings. The molecule has 88 valence electrons. The minimum absolute atomic E-state index is 0.0573. The van der Waals surface area contributed by atoms with Crippen LogP contribution in [-0.2, 0) is 0 Å². The Bertz CT molecular complexity index is 516. The van der Waals surface area contributed by atoms with Crippen LogP contribution in [0.1, 0.15) is 18.5 Å². The predicted octanol–water partition coefficient (Wildman–Crippen LogP) is 4.05. The zero-order valence-corrected chi connectivity index (χ0v) is 10.1. The molecule has 0 amide bonds. The Hall–Kier alpha value is -1.61. The largest absolute Gasteiger partial charge is 0.362 e. The van der Waals surface area contributed by atoms with Crippen LogP contribution in [-0.4, -0.2) is 4.98 Å². The highest BCUT2D eigenvalue weighted by Crippen LogP contribution is 2.23. The maximum atomic E-state index is 13.1. The standard InChI is InChI=1S/C13H12ClFN2/c1-9(10-4-2-5-11(15)8-10)17-13-12(14)6-3-7-16-13/h2-9H,1H3,(H,16,17). The molecule has 0 aliphatic carbocycles. The molecule has 0 saturated carbocycles. The van der Waals surface area contributed by atoms with Crippen LogP contribution in [0.2, 0.25) is 5.02 Å². The first-order valence-electron chi connectivity index (χ1n) is 5.29. The van der Waals surface area contributed by atoms with Crippen LogP contribution >= 0.6 is 11.6 Å². The second-order valence-corrected chi connectivity index (χ2v) is 4.16. The first-order chi connectivity index (χ1) is 8.16. The van der Waals surface area contributed by atoms with Gasteiger partial charge in [-0.3, -0.25) is 0 Å². The van der Waals surface area contributed by atoms with Gasteiger partial charge >= 0.3 is 0 Å². The second kappa shape index (κ2) is 5.15. The zero-order chi connectivity index (χ0) is 12.3. The molecule has 1 aromatic heterocycles. The van der Waals surface area contributed by atoms with Crippen LogP contribution < -0.4 is 5.32 Å². The van der Waals surface area contributed by atoms with Gasteiger partial charge in [-0.25, -0.2) is 9.37 Å². The van der Waals surface area contributed by atoms with Crippen molar-refractivity contribution in [3.05, 3.63) is 59.0 Å². The quantitative estimate of drug-likeness (QED) is 0.889. The van der Waals surface area contributed by atoms with Gasteiger partial charge in [-0.15, -0.1) is 0 Å². The normalized spacial score (nSPS) is 12.2. The molecule has 0 aliphatic heterocycles. The fourth-order valence-corrected chi connectivity index (χ4v) is 1.73. The van der Waals surface area contributed by atoms with Crippen molar-refractivity contribution in [3.8, 4) is 0 Å². The molecule has 17 heavy (non-hydrogen) atoms. The lowest BCUT2D eigenvalue weighted by Gasteiger charge is -2.15. The van der Waals surface area contributed by atoms with E-state index in [0.717, 1.165) is 5.56 Å². The van der Waals surface area contributed by atoms with Crippen LogP contribution in [0.15, 0.2) is 42.6 Å². The number of aromatic nitrogens is 1. The molecule has 1 N–H and O–H groups in total. The van der Waals surface area contributed by atoms with Crippen molar-refractivity contribution in [2.75, 3.05) is 5.32 Å². The Balaban J connectivity index is 2.17. The summed E-state index contributed by atoms with van der Waals surface area (Å²) in [4.78, 5) is 4.13. The molecular weight excluding hydrogens is 239 g/mol. The summed E-state index contributed by atoms with van der Waals surface area (Å²) in [6.07, 6.45) is 1.66. The van der Waals surface area contributed by atoms with E-state index in [1.54, 1.807) is 24.4 Å². The van der Waals surface area contributed by atoms with Gasteiger partial charge in [0.15, 0.2) is 0 Å². The van der Waals surface area contributed by atoms with Gasteiger partial charge in [0.2, 0.25) is 0 Å². The minimum atomic E-state index is -0.247. The van der Waals surface area contributed by atoms with Crippen LogP contribution in [0.25, 0.3) is 0 Å². The molecule has 1 atom stereocenters. The van der Waals surface area contributed by atoms with Gasteiger partial charge in [0, 0.05) is 6.20 Å². The molecule has 4 heteroatoms. The monoisotopic (exact) mass is 250 g/mol. The van der Waals surface area contributed by atoms with E-state index in [1.807, 2.05) is 13.0 Å². The highest BCUT2D eigenvalue weighted by atomic mass is 35.5.